The van der Waals surface area contributed by atoms with E-state index in [9.17, 15) is 5.11 Å². The molecule has 11 heavy (non-hydrogen) atoms. The van der Waals surface area contributed by atoms with Crippen LogP contribution in [-0.2, 0) is 4.74 Å². The van der Waals surface area contributed by atoms with Crippen molar-refractivity contribution < 1.29 is 9.84 Å². The predicted molar refractivity (Wildman–Crippen MR) is 44.2 cm³/mol. The highest BCUT2D eigenvalue weighted by molar-refractivity contribution is 4.73. The Morgan fingerprint density at radius 1 is 1.27 bits per heavy atom. The summed E-state index contributed by atoms with van der Waals surface area (Å²) < 4.78 is 5.39. The van der Waals surface area contributed by atoms with Crippen LogP contribution in [-0.4, -0.2) is 17.5 Å². The first-order valence-corrected chi connectivity index (χ1v) is 4.61. The zero-order chi connectivity index (χ0) is 8.27. The quantitative estimate of drug-likeness (QED) is 0.665. The summed E-state index contributed by atoms with van der Waals surface area (Å²) >= 11 is 0. The van der Waals surface area contributed by atoms with E-state index in [4.69, 9.17) is 4.74 Å². The topological polar surface area (TPSA) is 29.5 Å². The fourth-order valence-corrected chi connectivity index (χ4v) is 1.82. The van der Waals surface area contributed by atoms with Crippen molar-refractivity contribution in [2.45, 2.75) is 51.9 Å². The molecule has 0 aliphatic carbocycles. The minimum atomic E-state index is -0.497. The lowest BCUT2D eigenvalue weighted by atomic mass is 9.90. The summed E-state index contributed by atoms with van der Waals surface area (Å²) in [5, 5.41) is 9.20. The van der Waals surface area contributed by atoms with Gasteiger partial charge >= 0.3 is 0 Å². The maximum Gasteiger partial charge on any atom is 0.154 e. The summed E-state index contributed by atoms with van der Waals surface area (Å²) in [6, 6.07) is 0. The summed E-state index contributed by atoms with van der Waals surface area (Å²) in [4.78, 5) is 0. The Labute approximate surface area is 68.6 Å². The van der Waals surface area contributed by atoms with Crippen molar-refractivity contribution in [2.75, 3.05) is 0 Å². The van der Waals surface area contributed by atoms with E-state index in [0.717, 1.165) is 19.3 Å². The van der Waals surface area contributed by atoms with Gasteiger partial charge in [0.05, 0.1) is 6.10 Å². The first kappa shape index (κ1) is 9.01. The molecule has 1 heterocycles. The zero-order valence-corrected chi connectivity index (χ0v) is 7.42. The molecule has 1 aliphatic heterocycles. The lowest BCUT2D eigenvalue weighted by Crippen LogP contribution is -2.34. The van der Waals surface area contributed by atoms with Crippen molar-refractivity contribution >= 4 is 0 Å². The van der Waals surface area contributed by atoms with Crippen molar-refractivity contribution in [1.29, 1.82) is 0 Å². The molecule has 0 aromatic heterocycles. The standard InChI is InChI=1S/C9H18O2/c1-3-7-5-6-9(10)11-8(7)4-2/h7-10H,3-6H2,1-2H3. The fourth-order valence-electron chi connectivity index (χ4n) is 1.82. The van der Waals surface area contributed by atoms with E-state index >= 15 is 0 Å². The SMILES string of the molecule is CCC1CCC(O)OC1CC. The van der Waals surface area contributed by atoms with Gasteiger partial charge in [-0.15, -0.1) is 0 Å². The third-order valence-electron chi connectivity index (χ3n) is 2.57. The maximum atomic E-state index is 9.20. The molecule has 0 aromatic rings. The Hall–Kier alpha value is -0.0800. The average molecular weight is 158 g/mol. The molecule has 0 bridgehead atoms. The molecule has 3 atom stereocenters. The van der Waals surface area contributed by atoms with Crippen LogP contribution >= 0.6 is 0 Å². The molecule has 0 amide bonds. The second kappa shape index (κ2) is 4.07. The number of aliphatic hydroxyl groups excluding tert-OH is 1. The Bertz CT molecular complexity index is 114. The molecule has 0 radical (unpaired) electrons. The molecule has 0 saturated carbocycles. The summed E-state index contributed by atoms with van der Waals surface area (Å²) in [6.07, 6.45) is 3.93. The van der Waals surface area contributed by atoms with Crippen molar-refractivity contribution in [1.82, 2.24) is 0 Å². The monoisotopic (exact) mass is 158 g/mol. The third kappa shape index (κ3) is 2.17. The van der Waals surface area contributed by atoms with E-state index in [1.807, 2.05) is 0 Å². The smallest absolute Gasteiger partial charge is 0.154 e. The summed E-state index contributed by atoms with van der Waals surface area (Å²) in [6.45, 7) is 4.31. The summed E-state index contributed by atoms with van der Waals surface area (Å²) in [5.74, 6) is 0.670. The molecular weight excluding hydrogens is 140 g/mol. The van der Waals surface area contributed by atoms with Gasteiger partial charge in [-0.05, 0) is 25.2 Å². The van der Waals surface area contributed by atoms with Crippen LogP contribution in [0.3, 0.4) is 0 Å². The van der Waals surface area contributed by atoms with E-state index < -0.39 is 6.29 Å². The number of ether oxygens (including phenoxy) is 1. The molecule has 1 aliphatic rings. The highest BCUT2D eigenvalue weighted by Gasteiger charge is 2.27. The third-order valence-corrected chi connectivity index (χ3v) is 2.57. The molecule has 2 nitrogen and oxygen atoms in total. The van der Waals surface area contributed by atoms with Crippen LogP contribution in [0.2, 0.25) is 0 Å². The molecule has 1 rings (SSSR count). The van der Waals surface area contributed by atoms with Gasteiger partial charge in [0.25, 0.3) is 0 Å². The van der Waals surface area contributed by atoms with Gasteiger partial charge < -0.3 is 9.84 Å². The molecular formula is C9H18O2. The average Bonchev–Trinajstić information content (AvgIpc) is 2.04. The van der Waals surface area contributed by atoms with E-state index in [1.54, 1.807) is 0 Å². The van der Waals surface area contributed by atoms with E-state index in [1.165, 1.54) is 6.42 Å². The van der Waals surface area contributed by atoms with E-state index in [2.05, 4.69) is 13.8 Å². The molecule has 0 aromatic carbocycles. The Kier molecular flexibility index (Phi) is 3.34. The highest BCUT2D eigenvalue weighted by atomic mass is 16.6. The number of rotatable bonds is 2. The molecule has 3 unspecified atom stereocenters. The van der Waals surface area contributed by atoms with Gasteiger partial charge in [-0.2, -0.15) is 0 Å². The Morgan fingerprint density at radius 2 is 2.00 bits per heavy atom. The first-order valence-electron chi connectivity index (χ1n) is 4.61. The van der Waals surface area contributed by atoms with Gasteiger partial charge in [-0.1, -0.05) is 20.3 Å². The van der Waals surface area contributed by atoms with Crippen LogP contribution in [0, 0.1) is 5.92 Å². The molecule has 1 N–H and O–H groups in total. The van der Waals surface area contributed by atoms with Crippen LogP contribution in [0.5, 0.6) is 0 Å². The van der Waals surface area contributed by atoms with Gasteiger partial charge in [-0.3, -0.25) is 0 Å². The lowest BCUT2D eigenvalue weighted by Gasteiger charge is -2.33. The molecule has 1 fully saturated rings. The van der Waals surface area contributed by atoms with Crippen LogP contribution in [0.4, 0.5) is 0 Å². The minimum absolute atomic E-state index is 0.295. The van der Waals surface area contributed by atoms with Gasteiger partial charge in [-0.25, -0.2) is 0 Å². The van der Waals surface area contributed by atoms with Crippen molar-refractivity contribution in [3.63, 3.8) is 0 Å². The Morgan fingerprint density at radius 3 is 2.55 bits per heavy atom. The van der Waals surface area contributed by atoms with E-state index in [0.29, 0.717) is 12.0 Å². The molecule has 66 valence electrons. The second-order valence-corrected chi connectivity index (χ2v) is 3.28. The van der Waals surface area contributed by atoms with Crippen molar-refractivity contribution in [3.8, 4) is 0 Å². The predicted octanol–water partition coefficient (Wildman–Crippen LogP) is 1.92. The van der Waals surface area contributed by atoms with Crippen LogP contribution in [0.15, 0.2) is 0 Å². The summed E-state index contributed by atoms with van der Waals surface area (Å²) in [5.41, 5.74) is 0. The van der Waals surface area contributed by atoms with Gasteiger partial charge in [0.2, 0.25) is 0 Å². The number of hydrogen-bond acceptors (Lipinski definition) is 2. The van der Waals surface area contributed by atoms with Gasteiger partial charge in [0.1, 0.15) is 0 Å². The first-order chi connectivity index (χ1) is 5.27. The highest BCUT2D eigenvalue weighted by Crippen LogP contribution is 2.28. The summed E-state index contributed by atoms with van der Waals surface area (Å²) in [7, 11) is 0. The van der Waals surface area contributed by atoms with E-state index in [-0.39, 0.29) is 0 Å². The van der Waals surface area contributed by atoms with Crippen LogP contribution in [0.25, 0.3) is 0 Å². The lowest BCUT2D eigenvalue weighted by molar-refractivity contribution is -0.183. The second-order valence-electron chi connectivity index (χ2n) is 3.28. The van der Waals surface area contributed by atoms with Gasteiger partial charge in [0.15, 0.2) is 6.29 Å². The van der Waals surface area contributed by atoms with Crippen LogP contribution < -0.4 is 0 Å². The maximum absolute atomic E-state index is 9.20. The molecule has 2 heteroatoms. The minimum Gasteiger partial charge on any atom is -0.368 e. The molecule has 1 saturated heterocycles. The van der Waals surface area contributed by atoms with Crippen molar-refractivity contribution in [2.24, 2.45) is 5.92 Å². The zero-order valence-electron chi connectivity index (χ0n) is 7.42. The number of hydrogen-bond donors (Lipinski definition) is 1. The normalized spacial score (nSPS) is 39.0. The Balaban J connectivity index is 2.41. The fraction of sp³-hybridized carbons (Fsp3) is 1.00. The van der Waals surface area contributed by atoms with Crippen LogP contribution in [0.1, 0.15) is 39.5 Å². The molecule has 0 spiro atoms. The van der Waals surface area contributed by atoms with Gasteiger partial charge in [0, 0.05) is 0 Å². The largest absolute Gasteiger partial charge is 0.368 e. The number of aliphatic hydroxyl groups is 1. The van der Waals surface area contributed by atoms with Crippen molar-refractivity contribution in [3.05, 3.63) is 0 Å².